The highest BCUT2D eigenvalue weighted by molar-refractivity contribution is 5.79. The molecule has 2 aliphatic heterocycles. The highest BCUT2D eigenvalue weighted by atomic mass is 15.2. The molecular formula is C15H19N5. The number of nitrogens with zero attached hydrogens (tertiary/aromatic N) is 3. The number of nitrogens with two attached hydrogens (primary N) is 1. The molecule has 2 saturated heterocycles. The van der Waals surface area contributed by atoms with Crippen LogP contribution in [0, 0.1) is 0 Å². The number of nitrogen functional groups attached to an aromatic ring is 1. The van der Waals surface area contributed by atoms with Gasteiger partial charge >= 0.3 is 0 Å². The monoisotopic (exact) mass is 269 g/mol. The smallest absolute Gasteiger partial charge is 0.169 e. The van der Waals surface area contributed by atoms with E-state index in [9.17, 15) is 0 Å². The standard InChI is InChI=1S/C15H19N5/c16-14-15(18-11-5-2-1-4-10(11)17-14)19-12-7-9-20-8-3-6-13(12)20/h1-2,4-5,12-13H,3,6-9H2,(H2,16,17)(H,18,19). The highest BCUT2D eigenvalue weighted by Gasteiger charge is 2.37. The van der Waals surface area contributed by atoms with Crippen LogP contribution in [0.25, 0.3) is 11.0 Å². The van der Waals surface area contributed by atoms with E-state index in [0.29, 0.717) is 17.9 Å². The fourth-order valence-corrected chi connectivity index (χ4v) is 3.55. The number of fused-ring (bicyclic) bond motifs is 2. The number of nitrogens with one attached hydrogen (secondary N) is 1. The maximum absolute atomic E-state index is 6.05. The van der Waals surface area contributed by atoms with Gasteiger partial charge in [0.15, 0.2) is 11.6 Å². The first-order valence-electron chi connectivity index (χ1n) is 7.34. The highest BCUT2D eigenvalue weighted by Crippen LogP contribution is 2.31. The third-order valence-electron chi connectivity index (χ3n) is 4.53. The van der Waals surface area contributed by atoms with Crippen LogP contribution in [0.15, 0.2) is 24.3 Å². The Bertz CT molecular complexity index is 641. The van der Waals surface area contributed by atoms with Crippen molar-refractivity contribution in [1.82, 2.24) is 14.9 Å². The van der Waals surface area contributed by atoms with Crippen molar-refractivity contribution in [2.24, 2.45) is 0 Å². The van der Waals surface area contributed by atoms with Crippen molar-refractivity contribution in [3.05, 3.63) is 24.3 Å². The minimum Gasteiger partial charge on any atom is -0.381 e. The maximum Gasteiger partial charge on any atom is 0.169 e. The van der Waals surface area contributed by atoms with E-state index in [2.05, 4.69) is 20.2 Å². The molecule has 1 aromatic heterocycles. The second kappa shape index (κ2) is 4.59. The molecule has 2 fully saturated rings. The molecule has 2 aromatic rings. The molecular weight excluding hydrogens is 250 g/mol. The SMILES string of the molecule is Nc1nc2ccccc2nc1NC1CCN2CCCC12. The van der Waals surface area contributed by atoms with Gasteiger partial charge in [0.1, 0.15) is 0 Å². The van der Waals surface area contributed by atoms with Crippen LogP contribution in [-0.4, -0.2) is 40.0 Å². The Hall–Kier alpha value is -1.88. The van der Waals surface area contributed by atoms with Gasteiger partial charge in [0.2, 0.25) is 0 Å². The molecule has 0 spiro atoms. The molecule has 4 rings (SSSR count). The van der Waals surface area contributed by atoms with E-state index in [1.807, 2.05) is 24.3 Å². The quantitative estimate of drug-likeness (QED) is 0.871. The molecule has 2 unspecified atom stereocenters. The first kappa shape index (κ1) is 11.9. The van der Waals surface area contributed by atoms with Crippen LogP contribution in [0.3, 0.4) is 0 Å². The Labute approximate surface area is 118 Å². The summed E-state index contributed by atoms with van der Waals surface area (Å²) in [5, 5.41) is 3.53. The molecule has 3 heterocycles. The zero-order valence-electron chi connectivity index (χ0n) is 11.4. The van der Waals surface area contributed by atoms with Crippen molar-refractivity contribution >= 4 is 22.7 Å². The Morgan fingerprint density at radius 1 is 1.10 bits per heavy atom. The zero-order valence-corrected chi connectivity index (χ0v) is 11.4. The molecule has 20 heavy (non-hydrogen) atoms. The molecule has 0 aliphatic carbocycles. The topological polar surface area (TPSA) is 67.1 Å². The van der Waals surface area contributed by atoms with Gasteiger partial charge in [-0.1, -0.05) is 12.1 Å². The van der Waals surface area contributed by atoms with Crippen molar-refractivity contribution in [2.75, 3.05) is 24.1 Å². The minimum absolute atomic E-state index is 0.454. The molecule has 1 aromatic carbocycles. The summed E-state index contributed by atoms with van der Waals surface area (Å²) in [5.41, 5.74) is 7.80. The minimum atomic E-state index is 0.454. The lowest BCUT2D eigenvalue weighted by molar-refractivity contribution is 0.318. The summed E-state index contributed by atoms with van der Waals surface area (Å²) in [7, 11) is 0. The number of hydrogen-bond donors (Lipinski definition) is 2. The predicted octanol–water partition coefficient (Wildman–Crippen LogP) is 1.86. The molecule has 2 aliphatic rings. The van der Waals surface area contributed by atoms with Crippen LogP contribution in [0.2, 0.25) is 0 Å². The number of hydrogen-bond acceptors (Lipinski definition) is 5. The van der Waals surface area contributed by atoms with Crippen molar-refractivity contribution < 1.29 is 0 Å². The third-order valence-corrected chi connectivity index (χ3v) is 4.53. The average molecular weight is 269 g/mol. The van der Waals surface area contributed by atoms with E-state index in [4.69, 9.17) is 5.73 Å². The van der Waals surface area contributed by atoms with Gasteiger partial charge in [-0.15, -0.1) is 0 Å². The molecule has 0 amide bonds. The van der Waals surface area contributed by atoms with Crippen molar-refractivity contribution in [3.8, 4) is 0 Å². The molecule has 0 saturated carbocycles. The van der Waals surface area contributed by atoms with E-state index in [1.54, 1.807) is 0 Å². The lowest BCUT2D eigenvalue weighted by atomic mass is 10.1. The summed E-state index contributed by atoms with van der Waals surface area (Å²) in [5.74, 6) is 1.24. The molecule has 3 N–H and O–H groups in total. The number of anilines is 2. The fourth-order valence-electron chi connectivity index (χ4n) is 3.55. The van der Waals surface area contributed by atoms with Crippen LogP contribution >= 0.6 is 0 Å². The molecule has 0 radical (unpaired) electrons. The Morgan fingerprint density at radius 3 is 2.75 bits per heavy atom. The van der Waals surface area contributed by atoms with Crippen LogP contribution in [-0.2, 0) is 0 Å². The van der Waals surface area contributed by atoms with Crippen LogP contribution < -0.4 is 11.1 Å². The van der Waals surface area contributed by atoms with Crippen LogP contribution in [0.4, 0.5) is 11.6 Å². The normalized spacial score (nSPS) is 26.0. The molecule has 0 bridgehead atoms. The summed E-state index contributed by atoms with van der Waals surface area (Å²) in [6, 6.07) is 8.94. The van der Waals surface area contributed by atoms with Gasteiger partial charge in [-0.2, -0.15) is 0 Å². The van der Waals surface area contributed by atoms with Gasteiger partial charge in [-0.3, -0.25) is 4.90 Å². The fraction of sp³-hybridized carbons (Fsp3) is 0.467. The predicted molar refractivity (Wildman–Crippen MR) is 80.6 cm³/mol. The number of benzene rings is 1. The van der Waals surface area contributed by atoms with Gasteiger partial charge in [-0.25, -0.2) is 9.97 Å². The Morgan fingerprint density at radius 2 is 1.90 bits per heavy atom. The van der Waals surface area contributed by atoms with Gasteiger partial charge in [0.25, 0.3) is 0 Å². The lowest BCUT2D eigenvalue weighted by Crippen LogP contribution is -2.34. The van der Waals surface area contributed by atoms with Crippen molar-refractivity contribution in [1.29, 1.82) is 0 Å². The molecule has 104 valence electrons. The largest absolute Gasteiger partial charge is 0.381 e. The van der Waals surface area contributed by atoms with E-state index in [-0.39, 0.29) is 0 Å². The molecule has 5 nitrogen and oxygen atoms in total. The summed E-state index contributed by atoms with van der Waals surface area (Å²) >= 11 is 0. The Balaban J connectivity index is 1.63. The summed E-state index contributed by atoms with van der Waals surface area (Å²) < 4.78 is 0. The number of para-hydroxylation sites is 2. The third kappa shape index (κ3) is 1.89. The summed E-state index contributed by atoms with van der Waals surface area (Å²) in [4.78, 5) is 11.6. The van der Waals surface area contributed by atoms with Gasteiger partial charge in [0.05, 0.1) is 11.0 Å². The van der Waals surface area contributed by atoms with Crippen LogP contribution in [0.1, 0.15) is 19.3 Å². The van der Waals surface area contributed by atoms with Crippen molar-refractivity contribution in [3.63, 3.8) is 0 Å². The number of aromatic nitrogens is 2. The van der Waals surface area contributed by atoms with E-state index < -0.39 is 0 Å². The van der Waals surface area contributed by atoms with E-state index >= 15 is 0 Å². The molecule has 2 atom stereocenters. The summed E-state index contributed by atoms with van der Waals surface area (Å²) in [6.45, 7) is 2.42. The van der Waals surface area contributed by atoms with E-state index in [1.165, 1.54) is 32.4 Å². The van der Waals surface area contributed by atoms with Crippen LogP contribution in [0.5, 0.6) is 0 Å². The first-order chi connectivity index (χ1) is 9.81. The van der Waals surface area contributed by atoms with E-state index in [0.717, 1.165) is 16.9 Å². The lowest BCUT2D eigenvalue weighted by Gasteiger charge is -2.22. The second-order valence-corrected chi connectivity index (χ2v) is 5.73. The van der Waals surface area contributed by atoms with Gasteiger partial charge < -0.3 is 11.1 Å². The number of rotatable bonds is 2. The van der Waals surface area contributed by atoms with Gasteiger partial charge in [-0.05, 0) is 37.9 Å². The Kier molecular flexibility index (Phi) is 2.73. The average Bonchev–Trinajstić information content (AvgIpc) is 3.04. The van der Waals surface area contributed by atoms with Crippen molar-refractivity contribution in [2.45, 2.75) is 31.3 Å². The molecule has 5 heteroatoms. The van der Waals surface area contributed by atoms with Gasteiger partial charge in [0, 0.05) is 18.6 Å². The summed E-state index contributed by atoms with van der Waals surface area (Å²) in [6.07, 6.45) is 3.75. The maximum atomic E-state index is 6.05. The zero-order chi connectivity index (χ0) is 13.5. The first-order valence-corrected chi connectivity index (χ1v) is 7.34. The second-order valence-electron chi connectivity index (χ2n) is 5.73.